The van der Waals surface area contributed by atoms with Crippen LogP contribution in [0.3, 0.4) is 0 Å². The molecule has 24 heavy (non-hydrogen) atoms. The lowest BCUT2D eigenvalue weighted by Gasteiger charge is -2.20. The van der Waals surface area contributed by atoms with Crippen LogP contribution in [0.1, 0.15) is 12.1 Å². The van der Waals surface area contributed by atoms with Gasteiger partial charge < -0.3 is 14.8 Å². The number of nitrogens with zero attached hydrogens (tertiary/aromatic N) is 2. The molecule has 2 atom stereocenters. The minimum absolute atomic E-state index is 0.0229. The summed E-state index contributed by atoms with van der Waals surface area (Å²) in [5, 5.41) is 3.56. The molecule has 0 aliphatic carbocycles. The van der Waals surface area contributed by atoms with Gasteiger partial charge in [-0.3, -0.25) is 14.4 Å². The summed E-state index contributed by atoms with van der Waals surface area (Å²) >= 11 is 0. The lowest BCUT2D eigenvalue weighted by Crippen LogP contribution is -2.37. The summed E-state index contributed by atoms with van der Waals surface area (Å²) in [7, 11) is 0. The van der Waals surface area contributed by atoms with Gasteiger partial charge in [-0.05, 0) is 19.1 Å². The standard InChI is InChI=1S/C18H19N3O3/c1-11-6-16(22)13-4-2-3-5-15(13)21(11)10-18(24)20-8-12-7-17(23)19-14(12)9-20/h2-6,12,14H,7-10H2,1H3,(H,19,23)/t12-,14+/m0/s1. The fourth-order valence-corrected chi connectivity index (χ4v) is 3.85. The van der Waals surface area contributed by atoms with Crippen LogP contribution in [-0.2, 0) is 16.1 Å². The average Bonchev–Trinajstić information content (AvgIpc) is 3.08. The first-order valence-corrected chi connectivity index (χ1v) is 8.19. The number of aromatic nitrogens is 1. The normalized spacial score (nSPS) is 22.7. The second kappa shape index (κ2) is 5.47. The zero-order valence-corrected chi connectivity index (χ0v) is 13.5. The number of nitrogens with one attached hydrogen (secondary N) is 1. The van der Waals surface area contributed by atoms with Crippen molar-refractivity contribution >= 4 is 22.7 Å². The number of pyridine rings is 1. The van der Waals surface area contributed by atoms with Gasteiger partial charge in [0.05, 0.1) is 11.6 Å². The van der Waals surface area contributed by atoms with Crippen LogP contribution in [0.4, 0.5) is 0 Å². The number of hydrogen-bond acceptors (Lipinski definition) is 3. The van der Waals surface area contributed by atoms with Crippen molar-refractivity contribution in [3.05, 3.63) is 46.2 Å². The van der Waals surface area contributed by atoms with Gasteiger partial charge >= 0.3 is 0 Å². The van der Waals surface area contributed by atoms with Crippen LogP contribution >= 0.6 is 0 Å². The van der Waals surface area contributed by atoms with Crippen LogP contribution in [0.25, 0.3) is 10.9 Å². The van der Waals surface area contributed by atoms with Crippen LogP contribution in [0, 0.1) is 12.8 Å². The SMILES string of the molecule is Cc1cc(=O)c2ccccc2n1CC(=O)N1C[C@@H]2CC(=O)N[C@@H]2C1. The highest BCUT2D eigenvalue weighted by atomic mass is 16.2. The lowest BCUT2D eigenvalue weighted by atomic mass is 10.1. The molecule has 0 spiro atoms. The number of fused-ring (bicyclic) bond motifs is 2. The third kappa shape index (κ3) is 2.38. The number of carbonyl (C=O) groups is 2. The molecular formula is C18H19N3O3. The van der Waals surface area contributed by atoms with Crippen molar-refractivity contribution in [1.82, 2.24) is 14.8 Å². The van der Waals surface area contributed by atoms with Crippen molar-refractivity contribution in [2.75, 3.05) is 13.1 Å². The minimum atomic E-state index is -0.0229. The van der Waals surface area contributed by atoms with E-state index in [1.54, 1.807) is 12.1 Å². The Bertz CT molecular complexity index is 886. The number of benzene rings is 1. The van der Waals surface area contributed by atoms with Crippen LogP contribution in [0.5, 0.6) is 0 Å². The second-order valence-electron chi connectivity index (χ2n) is 6.69. The molecule has 1 N–H and O–H groups in total. The van der Waals surface area contributed by atoms with E-state index in [0.29, 0.717) is 24.9 Å². The van der Waals surface area contributed by atoms with Gasteiger partial charge in [0.25, 0.3) is 0 Å². The highest BCUT2D eigenvalue weighted by molar-refractivity contribution is 5.84. The number of para-hydroxylation sites is 1. The fraction of sp³-hybridized carbons (Fsp3) is 0.389. The van der Waals surface area contributed by atoms with Gasteiger partial charge in [0, 0.05) is 42.6 Å². The predicted molar refractivity (Wildman–Crippen MR) is 89.6 cm³/mol. The third-order valence-corrected chi connectivity index (χ3v) is 5.11. The van der Waals surface area contributed by atoms with Gasteiger partial charge in [-0.15, -0.1) is 0 Å². The zero-order chi connectivity index (χ0) is 16.8. The Balaban J connectivity index is 1.60. The molecule has 0 saturated carbocycles. The molecular weight excluding hydrogens is 306 g/mol. The van der Waals surface area contributed by atoms with Crippen molar-refractivity contribution in [2.45, 2.75) is 25.9 Å². The number of hydrogen-bond donors (Lipinski definition) is 1. The molecule has 2 amide bonds. The average molecular weight is 325 g/mol. The quantitative estimate of drug-likeness (QED) is 0.881. The first kappa shape index (κ1) is 14.9. The molecule has 0 unspecified atom stereocenters. The van der Waals surface area contributed by atoms with Crippen LogP contribution in [-0.4, -0.2) is 40.4 Å². The summed E-state index contributed by atoms with van der Waals surface area (Å²) in [6.45, 7) is 3.26. The first-order chi connectivity index (χ1) is 11.5. The highest BCUT2D eigenvalue weighted by Gasteiger charge is 2.41. The molecule has 0 bridgehead atoms. The molecule has 6 nitrogen and oxygen atoms in total. The number of aryl methyl sites for hydroxylation is 1. The summed E-state index contributed by atoms with van der Waals surface area (Å²) < 4.78 is 1.89. The Labute approximate surface area is 139 Å². The monoisotopic (exact) mass is 325 g/mol. The molecule has 6 heteroatoms. The van der Waals surface area contributed by atoms with Crippen LogP contribution in [0.2, 0.25) is 0 Å². The molecule has 2 aliphatic rings. The van der Waals surface area contributed by atoms with E-state index in [4.69, 9.17) is 0 Å². The van der Waals surface area contributed by atoms with Crippen molar-refractivity contribution in [3.63, 3.8) is 0 Å². The van der Waals surface area contributed by atoms with Gasteiger partial charge in [-0.2, -0.15) is 0 Å². The van der Waals surface area contributed by atoms with E-state index < -0.39 is 0 Å². The van der Waals surface area contributed by atoms with E-state index in [-0.39, 0.29) is 35.7 Å². The Morgan fingerprint density at radius 2 is 2.04 bits per heavy atom. The summed E-state index contributed by atoms with van der Waals surface area (Å²) in [5.41, 5.74) is 1.54. The lowest BCUT2D eigenvalue weighted by molar-refractivity contribution is -0.131. The zero-order valence-electron chi connectivity index (χ0n) is 13.5. The van der Waals surface area contributed by atoms with Crippen molar-refractivity contribution in [3.8, 4) is 0 Å². The summed E-state index contributed by atoms with van der Waals surface area (Å²) in [5.74, 6) is 0.336. The molecule has 124 valence electrons. The van der Waals surface area contributed by atoms with Gasteiger partial charge in [-0.1, -0.05) is 12.1 Å². The Morgan fingerprint density at radius 1 is 1.25 bits per heavy atom. The fourth-order valence-electron chi connectivity index (χ4n) is 3.85. The van der Waals surface area contributed by atoms with E-state index in [2.05, 4.69) is 5.32 Å². The Morgan fingerprint density at radius 3 is 2.83 bits per heavy atom. The molecule has 1 aromatic carbocycles. The number of rotatable bonds is 2. The van der Waals surface area contributed by atoms with E-state index in [0.717, 1.165) is 11.2 Å². The van der Waals surface area contributed by atoms with Crippen molar-refractivity contribution in [2.24, 2.45) is 5.92 Å². The number of likely N-dealkylation sites (tertiary alicyclic amines) is 1. The van der Waals surface area contributed by atoms with Gasteiger partial charge in [0.2, 0.25) is 11.8 Å². The molecule has 0 radical (unpaired) electrons. The smallest absolute Gasteiger partial charge is 0.242 e. The van der Waals surface area contributed by atoms with E-state index in [1.165, 1.54) is 0 Å². The molecule has 4 rings (SSSR count). The Kier molecular flexibility index (Phi) is 3.40. The van der Waals surface area contributed by atoms with Gasteiger partial charge in [0.1, 0.15) is 6.54 Å². The van der Waals surface area contributed by atoms with Gasteiger partial charge in [0.15, 0.2) is 5.43 Å². The van der Waals surface area contributed by atoms with E-state index in [1.807, 2.05) is 34.6 Å². The van der Waals surface area contributed by atoms with Gasteiger partial charge in [-0.25, -0.2) is 0 Å². The predicted octanol–water partition coefficient (Wildman–Crippen LogP) is 0.657. The molecule has 2 aromatic rings. The maximum atomic E-state index is 12.7. The maximum Gasteiger partial charge on any atom is 0.242 e. The molecule has 3 heterocycles. The largest absolute Gasteiger partial charge is 0.351 e. The third-order valence-electron chi connectivity index (χ3n) is 5.11. The topological polar surface area (TPSA) is 71.4 Å². The van der Waals surface area contributed by atoms with Crippen molar-refractivity contribution < 1.29 is 9.59 Å². The molecule has 1 aromatic heterocycles. The number of amides is 2. The Hall–Kier alpha value is -2.63. The van der Waals surface area contributed by atoms with Crippen LogP contribution < -0.4 is 10.7 Å². The van der Waals surface area contributed by atoms with Crippen molar-refractivity contribution in [1.29, 1.82) is 0 Å². The molecule has 2 fully saturated rings. The van der Waals surface area contributed by atoms with Crippen LogP contribution in [0.15, 0.2) is 35.1 Å². The highest BCUT2D eigenvalue weighted by Crippen LogP contribution is 2.25. The number of carbonyl (C=O) groups excluding carboxylic acids is 2. The summed E-state index contributed by atoms with van der Waals surface area (Å²) in [6, 6.07) is 9.03. The molecule has 2 saturated heterocycles. The second-order valence-corrected chi connectivity index (χ2v) is 6.69. The maximum absolute atomic E-state index is 12.7. The van der Waals surface area contributed by atoms with E-state index >= 15 is 0 Å². The van der Waals surface area contributed by atoms with E-state index in [9.17, 15) is 14.4 Å². The minimum Gasteiger partial charge on any atom is -0.351 e. The molecule has 2 aliphatic heterocycles. The first-order valence-electron chi connectivity index (χ1n) is 8.19. The summed E-state index contributed by atoms with van der Waals surface area (Å²) in [6.07, 6.45) is 0.508. The summed E-state index contributed by atoms with van der Waals surface area (Å²) in [4.78, 5) is 38.1.